The summed E-state index contributed by atoms with van der Waals surface area (Å²) in [6.45, 7) is 3.27. The Hall–Kier alpha value is -6.44. The number of carbonyl (C=O) groups is 4. The number of alkyl halides is 2. The summed E-state index contributed by atoms with van der Waals surface area (Å²) in [5.41, 5.74) is 3.72. The van der Waals surface area contributed by atoms with E-state index in [1.165, 1.54) is 29.4 Å². The van der Waals surface area contributed by atoms with E-state index >= 15 is 0 Å². The Morgan fingerprint density at radius 3 is 1.59 bits per heavy atom. The predicted octanol–water partition coefficient (Wildman–Crippen LogP) is 6.99. The lowest BCUT2D eigenvalue weighted by molar-refractivity contribution is -0.0495. The highest BCUT2D eigenvalue weighted by molar-refractivity contribution is 6.14. The first-order chi connectivity index (χ1) is 24.4. The Morgan fingerprint density at radius 1 is 0.725 bits per heavy atom. The van der Waals surface area contributed by atoms with Gasteiger partial charge in [0, 0.05) is 60.6 Å². The Bertz CT molecular complexity index is 2210. The second kappa shape index (κ2) is 14.2. The lowest BCUT2D eigenvalue weighted by Gasteiger charge is -2.31. The van der Waals surface area contributed by atoms with Gasteiger partial charge in [-0.15, -0.1) is 0 Å². The molecule has 1 fully saturated rings. The summed E-state index contributed by atoms with van der Waals surface area (Å²) in [5.74, 6) is -4.14. The van der Waals surface area contributed by atoms with Crippen molar-refractivity contribution in [3.8, 4) is 22.5 Å². The highest BCUT2D eigenvalue weighted by Crippen LogP contribution is 2.30. The van der Waals surface area contributed by atoms with Crippen LogP contribution in [0.15, 0.2) is 94.2 Å². The number of hydrogen-bond donors (Lipinski definition) is 3. The molecule has 1 aliphatic rings. The van der Waals surface area contributed by atoms with Crippen molar-refractivity contribution in [1.82, 2.24) is 25.2 Å². The number of halogens is 2. The Labute approximate surface area is 289 Å². The molecule has 1 amide bonds. The van der Waals surface area contributed by atoms with Crippen LogP contribution in [0.25, 0.3) is 22.5 Å². The number of nitrogens with one attached hydrogen (secondary N) is 2. The van der Waals surface area contributed by atoms with Gasteiger partial charge in [-0.3, -0.25) is 14.4 Å². The highest BCUT2D eigenvalue weighted by atomic mass is 19.3. The lowest BCUT2D eigenvalue weighted by Crippen LogP contribution is -2.42. The topological polar surface area (TPSA) is 175 Å². The highest BCUT2D eigenvalue weighted by Gasteiger charge is 2.36. The molecule has 0 spiro atoms. The van der Waals surface area contributed by atoms with E-state index < -0.39 is 17.8 Å². The van der Waals surface area contributed by atoms with Crippen LogP contribution in [0.3, 0.4) is 0 Å². The summed E-state index contributed by atoms with van der Waals surface area (Å²) in [5, 5.41) is 16.9. The van der Waals surface area contributed by atoms with Gasteiger partial charge < -0.3 is 29.0 Å². The fraction of sp³-hybridized carbons (Fsp3) is 0.189. The van der Waals surface area contributed by atoms with Crippen LogP contribution in [-0.4, -0.2) is 72.7 Å². The molecule has 2 aromatic carbocycles. The molecule has 4 aromatic heterocycles. The van der Waals surface area contributed by atoms with E-state index in [0.29, 0.717) is 34.0 Å². The smallest absolute Gasteiger partial charge is 0.352 e. The number of carboxylic acids is 1. The molecule has 51 heavy (non-hydrogen) atoms. The molecule has 0 unspecified atom stereocenters. The van der Waals surface area contributed by atoms with Gasteiger partial charge in [-0.05, 0) is 26.0 Å². The number of nitrogens with zero attached hydrogens (tertiary/aromatic N) is 3. The summed E-state index contributed by atoms with van der Waals surface area (Å²) in [7, 11) is 0. The summed E-state index contributed by atoms with van der Waals surface area (Å²) < 4.78 is 37.0. The summed E-state index contributed by atoms with van der Waals surface area (Å²) >= 11 is 0. The number of carbonyl (C=O) groups excluding carboxylic acids is 3. The number of rotatable bonds is 8. The van der Waals surface area contributed by atoms with Gasteiger partial charge in [0.2, 0.25) is 0 Å². The molecule has 12 nitrogen and oxygen atoms in total. The molecule has 3 N–H and O–H groups in total. The molecule has 0 radical (unpaired) electrons. The maximum absolute atomic E-state index is 13.3. The number of ketones is 2. The Balaban J connectivity index is 0.000000183. The fourth-order valence-electron chi connectivity index (χ4n) is 5.66. The van der Waals surface area contributed by atoms with Crippen molar-refractivity contribution in [3.63, 3.8) is 0 Å². The van der Waals surface area contributed by atoms with Crippen LogP contribution >= 0.6 is 0 Å². The van der Waals surface area contributed by atoms with Crippen LogP contribution in [0.5, 0.6) is 0 Å². The molecular weight excluding hydrogens is 664 g/mol. The number of hydrogen-bond acceptors (Lipinski definition) is 8. The zero-order valence-corrected chi connectivity index (χ0v) is 27.4. The number of likely N-dealkylation sites (tertiary alicyclic amines) is 1. The molecule has 0 atom stereocenters. The molecule has 6 aromatic rings. The van der Waals surface area contributed by atoms with Crippen LogP contribution in [0, 0.1) is 13.8 Å². The van der Waals surface area contributed by atoms with Crippen LogP contribution in [0.4, 0.5) is 8.78 Å². The number of amides is 1. The zero-order chi connectivity index (χ0) is 36.3. The van der Waals surface area contributed by atoms with E-state index in [2.05, 4.69) is 20.3 Å². The van der Waals surface area contributed by atoms with E-state index in [0.717, 1.165) is 11.1 Å². The normalized spacial score (nSPS) is 13.7. The molecule has 0 bridgehead atoms. The average Bonchev–Trinajstić information content (AvgIpc) is 3.95. The van der Waals surface area contributed by atoms with Crippen molar-refractivity contribution >= 4 is 23.4 Å². The lowest BCUT2D eigenvalue weighted by atomic mass is 9.99. The minimum absolute atomic E-state index is 0.0168. The van der Waals surface area contributed by atoms with Crippen molar-refractivity contribution in [2.45, 2.75) is 32.6 Å². The van der Waals surface area contributed by atoms with Crippen LogP contribution < -0.4 is 0 Å². The number of aromatic amines is 2. The van der Waals surface area contributed by atoms with Gasteiger partial charge in [0.25, 0.3) is 11.8 Å². The number of aromatic nitrogens is 4. The van der Waals surface area contributed by atoms with Crippen molar-refractivity contribution in [2.24, 2.45) is 0 Å². The zero-order valence-electron chi connectivity index (χ0n) is 27.4. The summed E-state index contributed by atoms with van der Waals surface area (Å²) in [6.07, 6.45) is 2.10. The number of H-pyrrole nitrogens is 2. The van der Waals surface area contributed by atoms with Crippen molar-refractivity contribution in [3.05, 3.63) is 130 Å². The van der Waals surface area contributed by atoms with Crippen molar-refractivity contribution in [2.75, 3.05) is 13.1 Å². The molecule has 260 valence electrons. The monoisotopic (exact) mass is 695 g/mol. The van der Waals surface area contributed by atoms with E-state index in [-0.39, 0.29) is 60.0 Å². The molecule has 14 heteroatoms. The van der Waals surface area contributed by atoms with Gasteiger partial charge in [-0.1, -0.05) is 71.0 Å². The molecule has 5 heterocycles. The SMILES string of the molecule is Cc1onc(-c2ccccc2)c1C(=O)c1c[nH]c(C(=O)N2CCC(F)(F)CC2)c1.Cc1onc(-c2ccccc2)c1C(=O)c1c[nH]c(C(=O)O)c1. The van der Waals surface area contributed by atoms with Crippen molar-refractivity contribution in [1.29, 1.82) is 0 Å². The summed E-state index contributed by atoms with van der Waals surface area (Å²) in [4.78, 5) is 55.9. The fourth-order valence-corrected chi connectivity index (χ4v) is 5.66. The van der Waals surface area contributed by atoms with Gasteiger partial charge in [-0.2, -0.15) is 0 Å². The second-order valence-corrected chi connectivity index (χ2v) is 11.9. The summed E-state index contributed by atoms with van der Waals surface area (Å²) in [6, 6.07) is 21.1. The molecule has 0 aliphatic carbocycles. The van der Waals surface area contributed by atoms with E-state index in [4.69, 9.17) is 14.2 Å². The van der Waals surface area contributed by atoms with Crippen LogP contribution in [0.2, 0.25) is 0 Å². The molecular formula is C37H31F2N5O7. The first kappa shape index (κ1) is 34.4. The molecule has 7 rings (SSSR count). The van der Waals surface area contributed by atoms with Crippen LogP contribution in [-0.2, 0) is 0 Å². The number of piperidine rings is 1. The number of benzene rings is 2. The third-order valence-corrected chi connectivity index (χ3v) is 8.41. The second-order valence-electron chi connectivity index (χ2n) is 11.9. The average molecular weight is 696 g/mol. The van der Waals surface area contributed by atoms with E-state index in [1.54, 1.807) is 13.8 Å². The van der Waals surface area contributed by atoms with Gasteiger partial charge in [-0.25, -0.2) is 13.6 Å². The maximum atomic E-state index is 13.3. The largest absolute Gasteiger partial charge is 0.477 e. The van der Waals surface area contributed by atoms with E-state index in [9.17, 15) is 28.0 Å². The first-order valence-corrected chi connectivity index (χ1v) is 15.8. The van der Waals surface area contributed by atoms with Gasteiger partial charge >= 0.3 is 5.97 Å². The van der Waals surface area contributed by atoms with E-state index in [1.807, 2.05) is 60.7 Å². The number of aryl methyl sites for hydroxylation is 2. The number of carboxylic acid groups (broad SMARTS) is 1. The molecule has 1 aliphatic heterocycles. The maximum Gasteiger partial charge on any atom is 0.352 e. The van der Waals surface area contributed by atoms with Gasteiger partial charge in [0.15, 0.2) is 11.6 Å². The third-order valence-electron chi connectivity index (χ3n) is 8.41. The first-order valence-electron chi connectivity index (χ1n) is 15.8. The van der Waals surface area contributed by atoms with Crippen molar-refractivity contribution < 1.29 is 42.1 Å². The Morgan fingerprint density at radius 2 is 1.16 bits per heavy atom. The number of aromatic carboxylic acids is 1. The third kappa shape index (κ3) is 7.29. The standard InChI is InChI=1S/C21H19F2N3O3.C16H12N2O4/c1-13-17(18(25-29-13)14-5-3-2-4-6-14)19(27)15-11-16(24-12-15)20(28)26-9-7-21(22,23)8-10-26;1-9-13(14(18-22-9)10-5-3-2-4-6-10)15(19)11-7-12(16(20)21)17-8-11/h2-6,11-12,24H,7-10H2,1H3;2-8,17H,1H3,(H,20,21). The minimum atomic E-state index is -2.73. The predicted molar refractivity (Wildman–Crippen MR) is 179 cm³/mol. The van der Waals surface area contributed by atoms with Gasteiger partial charge in [0.1, 0.15) is 34.3 Å². The minimum Gasteiger partial charge on any atom is -0.477 e. The quantitative estimate of drug-likeness (QED) is 0.142. The Kier molecular flexibility index (Phi) is 9.58. The van der Waals surface area contributed by atoms with Crippen LogP contribution in [0.1, 0.15) is 77.2 Å². The molecule has 0 saturated carbocycles. The molecule has 1 saturated heterocycles. The van der Waals surface area contributed by atoms with Gasteiger partial charge in [0.05, 0.1) is 11.1 Å².